The van der Waals surface area contributed by atoms with Crippen molar-refractivity contribution in [2.45, 2.75) is 6.54 Å². The summed E-state index contributed by atoms with van der Waals surface area (Å²) < 4.78 is 7.71. The molecule has 0 aliphatic carbocycles. The topological polar surface area (TPSA) is 104 Å². The molecule has 0 unspecified atom stereocenters. The average molecular weight is 427 g/mol. The number of halogens is 1. The van der Waals surface area contributed by atoms with Gasteiger partial charge in [0.05, 0.1) is 17.6 Å². The van der Waals surface area contributed by atoms with Crippen molar-refractivity contribution in [1.82, 2.24) is 19.9 Å². The van der Waals surface area contributed by atoms with Gasteiger partial charge in [-0.15, -0.1) is 0 Å². The number of nitrogens with two attached hydrogens (primary N) is 1. The Bertz CT molecular complexity index is 1120. The van der Waals surface area contributed by atoms with Crippen molar-refractivity contribution in [3.63, 3.8) is 0 Å². The van der Waals surface area contributed by atoms with Crippen LogP contribution in [0.3, 0.4) is 0 Å². The lowest BCUT2D eigenvalue weighted by molar-refractivity contribution is 0.212. The van der Waals surface area contributed by atoms with Crippen LogP contribution in [-0.2, 0) is 11.4 Å². The van der Waals surface area contributed by atoms with Crippen molar-refractivity contribution in [3.8, 4) is 11.5 Å². The quantitative estimate of drug-likeness (QED) is 0.386. The molecule has 27 heavy (non-hydrogen) atoms. The summed E-state index contributed by atoms with van der Waals surface area (Å²) in [6.45, 7) is 0.400. The average Bonchev–Trinajstić information content (AvgIpc) is 3.25. The van der Waals surface area contributed by atoms with Crippen LogP contribution in [0.1, 0.15) is 5.56 Å². The highest BCUT2D eigenvalue weighted by Crippen LogP contribution is 2.27. The second-order valence-corrected chi connectivity index (χ2v) is 6.65. The summed E-state index contributed by atoms with van der Waals surface area (Å²) in [5.74, 6) is 0.733. The first kappa shape index (κ1) is 17.2. The lowest BCUT2D eigenvalue weighted by atomic mass is 10.1. The second-order valence-electron chi connectivity index (χ2n) is 5.74. The van der Waals surface area contributed by atoms with E-state index in [4.69, 9.17) is 15.2 Å². The number of aromatic nitrogens is 4. The van der Waals surface area contributed by atoms with Gasteiger partial charge in [-0.3, -0.25) is 0 Å². The molecule has 0 atom stereocenters. The van der Waals surface area contributed by atoms with E-state index in [0.29, 0.717) is 18.1 Å². The molecule has 0 aliphatic heterocycles. The van der Waals surface area contributed by atoms with Gasteiger partial charge in [-0.1, -0.05) is 45.4 Å². The van der Waals surface area contributed by atoms with E-state index in [9.17, 15) is 0 Å². The van der Waals surface area contributed by atoms with Crippen LogP contribution in [0.2, 0.25) is 0 Å². The summed E-state index contributed by atoms with van der Waals surface area (Å²) in [4.78, 5) is 9.73. The van der Waals surface area contributed by atoms with Gasteiger partial charge in [-0.2, -0.15) is 0 Å². The standard InChI is InChI=1S/C18H15BrN6O2/c1-26-22-14(11-6-8-12(19)9-7-11)10-25-15-5-3-2-4-13(15)21-18(25)16-17(20)24-27-23-16/h2-9H,10H2,1H3,(H2,20,24)/b22-14-. The second kappa shape index (κ2) is 7.20. The molecule has 0 saturated carbocycles. The summed E-state index contributed by atoms with van der Waals surface area (Å²) in [6.07, 6.45) is 0. The van der Waals surface area contributed by atoms with Crippen LogP contribution in [0.25, 0.3) is 22.6 Å². The van der Waals surface area contributed by atoms with E-state index >= 15 is 0 Å². The number of anilines is 1. The number of nitrogens with zero attached hydrogens (tertiary/aromatic N) is 5. The highest BCUT2D eigenvalue weighted by molar-refractivity contribution is 9.10. The smallest absolute Gasteiger partial charge is 0.199 e. The molecule has 0 amide bonds. The zero-order chi connectivity index (χ0) is 18.8. The van der Waals surface area contributed by atoms with Crippen LogP contribution in [0.15, 0.2) is 62.8 Å². The Balaban J connectivity index is 1.85. The van der Waals surface area contributed by atoms with Gasteiger partial charge in [0.1, 0.15) is 12.8 Å². The minimum atomic E-state index is 0.181. The fourth-order valence-electron chi connectivity index (χ4n) is 2.84. The highest BCUT2D eigenvalue weighted by Gasteiger charge is 2.20. The van der Waals surface area contributed by atoms with Crippen molar-refractivity contribution >= 4 is 38.5 Å². The fourth-order valence-corrected chi connectivity index (χ4v) is 3.11. The molecule has 0 radical (unpaired) electrons. The first-order valence-electron chi connectivity index (χ1n) is 8.07. The van der Waals surface area contributed by atoms with Crippen molar-refractivity contribution in [2.75, 3.05) is 12.8 Å². The number of hydrogen-bond acceptors (Lipinski definition) is 7. The van der Waals surface area contributed by atoms with Crippen LogP contribution in [0.5, 0.6) is 0 Å². The van der Waals surface area contributed by atoms with E-state index in [1.165, 1.54) is 7.11 Å². The van der Waals surface area contributed by atoms with Crippen molar-refractivity contribution < 1.29 is 9.47 Å². The van der Waals surface area contributed by atoms with Crippen molar-refractivity contribution in [3.05, 3.63) is 58.6 Å². The minimum absolute atomic E-state index is 0.181. The minimum Gasteiger partial charge on any atom is -0.399 e. The Morgan fingerprint density at radius 2 is 1.96 bits per heavy atom. The van der Waals surface area contributed by atoms with Gasteiger partial charge in [0.2, 0.25) is 0 Å². The van der Waals surface area contributed by atoms with E-state index in [1.807, 2.05) is 53.1 Å². The Hall–Kier alpha value is -3.20. The maximum Gasteiger partial charge on any atom is 0.199 e. The van der Waals surface area contributed by atoms with E-state index in [-0.39, 0.29) is 5.82 Å². The molecule has 2 heterocycles. The molecule has 9 heteroatoms. The SMILES string of the molecule is CO/N=C(/Cn1c(-c2nonc2N)nc2ccccc21)c1ccc(Br)cc1. The molecule has 0 saturated heterocycles. The van der Waals surface area contributed by atoms with E-state index < -0.39 is 0 Å². The van der Waals surface area contributed by atoms with Gasteiger partial charge >= 0.3 is 0 Å². The molecule has 2 aromatic heterocycles. The maximum atomic E-state index is 5.90. The number of fused-ring (bicyclic) bond motifs is 1. The molecular weight excluding hydrogens is 412 g/mol. The predicted molar refractivity (Wildman–Crippen MR) is 105 cm³/mol. The summed E-state index contributed by atoms with van der Waals surface area (Å²) in [7, 11) is 1.52. The Morgan fingerprint density at radius 3 is 2.67 bits per heavy atom. The normalized spacial score (nSPS) is 11.9. The zero-order valence-electron chi connectivity index (χ0n) is 14.3. The molecule has 136 valence electrons. The van der Waals surface area contributed by atoms with Gasteiger partial charge in [0, 0.05) is 10.0 Å². The monoisotopic (exact) mass is 426 g/mol. The van der Waals surface area contributed by atoms with Crippen molar-refractivity contribution in [1.29, 1.82) is 0 Å². The number of rotatable bonds is 5. The molecule has 0 aliphatic rings. The molecule has 2 N–H and O–H groups in total. The third-order valence-electron chi connectivity index (χ3n) is 4.07. The van der Waals surface area contributed by atoms with Crippen LogP contribution in [0.4, 0.5) is 5.82 Å². The van der Waals surface area contributed by atoms with E-state index in [2.05, 4.69) is 36.4 Å². The van der Waals surface area contributed by atoms with Crippen LogP contribution in [0, 0.1) is 0 Å². The van der Waals surface area contributed by atoms with Gasteiger partial charge in [0.25, 0.3) is 0 Å². The van der Waals surface area contributed by atoms with Crippen LogP contribution >= 0.6 is 15.9 Å². The molecule has 0 bridgehead atoms. The lowest BCUT2D eigenvalue weighted by Crippen LogP contribution is -2.13. The summed E-state index contributed by atoms with van der Waals surface area (Å²) in [6, 6.07) is 15.6. The number of imidazole rings is 1. The summed E-state index contributed by atoms with van der Waals surface area (Å²) >= 11 is 3.45. The van der Waals surface area contributed by atoms with Gasteiger partial charge < -0.3 is 15.1 Å². The van der Waals surface area contributed by atoms with Crippen molar-refractivity contribution in [2.24, 2.45) is 5.16 Å². The molecule has 0 fully saturated rings. The Morgan fingerprint density at radius 1 is 1.19 bits per heavy atom. The predicted octanol–water partition coefficient (Wildman–Crippen LogP) is 3.48. The third kappa shape index (κ3) is 3.28. The van der Waals surface area contributed by atoms with Gasteiger partial charge in [-0.25, -0.2) is 9.61 Å². The Labute approximate surface area is 162 Å². The largest absolute Gasteiger partial charge is 0.399 e. The number of hydrogen-bond donors (Lipinski definition) is 1. The molecule has 8 nitrogen and oxygen atoms in total. The first-order chi connectivity index (χ1) is 13.2. The molecule has 4 aromatic rings. The van der Waals surface area contributed by atoms with Crippen LogP contribution < -0.4 is 5.73 Å². The number of benzene rings is 2. The summed E-state index contributed by atoms with van der Waals surface area (Å²) in [5.41, 5.74) is 9.66. The molecular formula is C18H15BrN6O2. The Kier molecular flexibility index (Phi) is 4.59. The molecule has 0 spiro atoms. The zero-order valence-corrected chi connectivity index (χ0v) is 15.9. The third-order valence-corrected chi connectivity index (χ3v) is 4.60. The highest BCUT2D eigenvalue weighted by atomic mass is 79.9. The maximum absolute atomic E-state index is 5.90. The fraction of sp³-hybridized carbons (Fsp3) is 0.111. The van der Waals surface area contributed by atoms with E-state index in [0.717, 1.165) is 26.8 Å². The van der Waals surface area contributed by atoms with Gasteiger partial charge in [-0.05, 0) is 34.6 Å². The van der Waals surface area contributed by atoms with E-state index in [1.54, 1.807) is 0 Å². The number of nitrogen functional groups attached to an aromatic ring is 1. The summed E-state index contributed by atoms with van der Waals surface area (Å²) in [5, 5.41) is 11.8. The van der Waals surface area contributed by atoms with Crippen LogP contribution in [-0.4, -0.2) is 32.7 Å². The molecule has 2 aromatic carbocycles. The number of para-hydroxylation sites is 2. The molecule has 4 rings (SSSR count). The first-order valence-corrected chi connectivity index (χ1v) is 8.86. The number of oxime groups is 1. The lowest BCUT2D eigenvalue weighted by Gasteiger charge is -2.11. The van der Waals surface area contributed by atoms with Gasteiger partial charge in [0.15, 0.2) is 17.3 Å².